The van der Waals surface area contributed by atoms with Crippen LogP contribution in [0.15, 0.2) is 4.99 Å². The molecule has 0 radical (unpaired) electrons. The normalized spacial score (nSPS) is 18.3. The van der Waals surface area contributed by atoms with Gasteiger partial charge in [0.25, 0.3) is 0 Å². The summed E-state index contributed by atoms with van der Waals surface area (Å²) in [5, 5.41) is 13.0. The molecular weight excluding hydrogens is 368 g/mol. The quantitative estimate of drug-likeness (QED) is 0.472. The molecule has 1 heterocycles. The molecule has 1 aliphatic heterocycles. The number of aliphatic hydroxyl groups is 1. The van der Waals surface area contributed by atoms with E-state index in [4.69, 9.17) is 9.73 Å². The molecule has 7 heteroatoms. The first kappa shape index (κ1) is 25.5. The lowest BCUT2D eigenvalue weighted by Gasteiger charge is -2.37. The van der Waals surface area contributed by atoms with E-state index in [0.29, 0.717) is 19.0 Å². The monoisotopic (exact) mass is 412 g/mol. The number of ether oxygens (including phenoxy) is 1. The van der Waals surface area contributed by atoms with Gasteiger partial charge in [0, 0.05) is 38.1 Å². The van der Waals surface area contributed by atoms with E-state index in [-0.39, 0.29) is 18.1 Å². The van der Waals surface area contributed by atoms with Crippen LogP contribution in [0.3, 0.4) is 0 Å². The number of hydrogen-bond donors (Lipinski definition) is 2. The maximum absolute atomic E-state index is 12.4. The first-order valence-corrected chi connectivity index (χ1v) is 11.2. The van der Waals surface area contributed by atoms with Crippen LogP contribution in [0.25, 0.3) is 0 Å². The number of piperidine rings is 1. The topological polar surface area (TPSA) is 77.4 Å². The van der Waals surface area contributed by atoms with E-state index < -0.39 is 5.60 Å². The number of nitrogens with zero attached hydrogens (tertiary/aromatic N) is 3. The summed E-state index contributed by atoms with van der Waals surface area (Å²) < 4.78 is 5.54. The third-order valence-corrected chi connectivity index (χ3v) is 5.61. The second-order valence-electron chi connectivity index (χ2n) is 9.44. The highest BCUT2D eigenvalue weighted by Crippen LogP contribution is 2.22. The molecule has 1 atom stereocenters. The minimum Gasteiger partial charge on any atom is -0.444 e. The summed E-state index contributed by atoms with van der Waals surface area (Å²) in [7, 11) is 0. The molecule has 1 unspecified atom stereocenters. The molecule has 0 aliphatic carbocycles. The zero-order valence-corrected chi connectivity index (χ0v) is 19.8. The lowest BCUT2D eigenvalue weighted by atomic mass is 9.89. The van der Waals surface area contributed by atoms with Crippen molar-refractivity contribution in [2.45, 2.75) is 73.3 Å². The van der Waals surface area contributed by atoms with Crippen LogP contribution >= 0.6 is 0 Å². The lowest BCUT2D eigenvalue weighted by Crippen LogP contribution is -2.48. The number of hydrogen-bond acceptors (Lipinski definition) is 4. The number of aliphatic hydroxyl groups excluding tert-OH is 1. The molecule has 1 aliphatic rings. The third-order valence-electron chi connectivity index (χ3n) is 5.61. The van der Waals surface area contributed by atoms with Gasteiger partial charge in [0.2, 0.25) is 0 Å². The summed E-state index contributed by atoms with van der Waals surface area (Å²) >= 11 is 0. The molecule has 29 heavy (non-hydrogen) atoms. The van der Waals surface area contributed by atoms with Gasteiger partial charge >= 0.3 is 6.09 Å². The molecule has 0 aromatic carbocycles. The van der Waals surface area contributed by atoms with Crippen molar-refractivity contribution < 1.29 is 14.6 Å². The van der Waals surface area contributed by atoms with Gasteiger partial charge in [0.1, 0.15) is 5.60 Å². The number of carbonyl (C=O) groups excluding carboxylic acids is 1. The van der Waals surface area contributed by atoms with Crippen LogP contribution in [0.2, 0.25) is 0 Å². The SMILES string of the molecule is CCNC(=NCC(C)(CC)CO)N1CCC(CN(CC)C(=O)OC(C)(C)C)CC1. The fourth-order valence-electron chi connectivity index (χ4n) is 3.26. The van der Waals surface area contributed by atoms with Crippen molar-refractivity contribution in [2.24, 2.45) is 16.3 Å². The second kappa shape index (κ2) is 11.6. The molecule has 0 spiro atoms. The van der Waals surface area contributed by atoms with Crippen molar-refractivity contribution in [1.82, 2.24) is 15.1 Å². The van der Waals surface area contributed by atoms with Crippen LogP contribution in [0.4, 0.5) is 4.79 Å². The molecule has 1 saturated heterocycles. The summed E-state index contributed by atoms with van der Waals surface area (Å²) in [5.41, 5.74) is -0.638. The molecule has 1 rings (SSSR count). The van der Waals surface area contributed by atoms with Gasteiger partial charge in [-0.15, -0.1) is 0 Å². The highest BCUT2D eigenvalue weighted by molar-refractivity contribution is 5.80. The third kappa shape index (κ3) is 8.81. The first-order valence-electron chi connectivity index (χ1n) is 11.2. The Morgan fingerprint density at radius 2 is 1.83 bits per heavy atom. The minimum atomic E-state index is -0.466. The number of carbonyl (C=O) groups is 1. The van der Waals surface area contributed by atoms with Crippen molar-refractivity contribution in [3.63, 3.8) is 0 Å². The highest BCUT2D eigenvalue weighted by atomic mass is 16.6. The van der Waals surface area contributed by atoms with Crippen molar-refractivity contribution in [2.75, 3.05) is 45.9 Å². The van der Waals surface area contributed by atoms with E-state index in [1.165, 1.54) is 0 Å². The Morgan fingerprint density at radius 3 is 2.28 bits per heavy atom. The minimum absolute atomic E-state index is 0.145. The maximum Gasteiger partial charge on any atom is 0.410 e. The number of guanidine groups is 1. The molecule has 0 aromatic rings. The Kier molecular flexibility index (Phi) is 10.2. The molecule has 0 saturated carbocycles. The first-order chi connectivity index (χ1) is 13.6. The van der Waals surface area contributed by atoms with Gasteiger partial charge in [-0.3, -0.25) is 4.99 Å². The summed E-state index contributed by atoms with van der Waals surface area (Å²) in [4.78, 5) is 21.3. The molecular formula is C22H44N4O3. The van der Waals surface area contributed by atoms with Crippen LogP contribution in [-0.2, 0) is 4.74 Å². The van der Waals surface area contributed by atoms with Crippen LogP contribution in [0, 0.1) is 11.3 Å². The van der Waals surface area contributed by atoms with E-state index >= 15 is 0 Å². The molecule has 0 aromatic heterocycles. The molecule has 7 nitrogen and oxygen atoms in total. The summed E-state index contributed by atoms with van der Waals surface area (Å²) in [6, 6.07) is 0. The Balaban J connectivity index is 2.64. The standard InChI is InChI=1S/C22H44N4O3/c1-8-22(7,17-27)16-24-19(23-9-2)26-13-11-18(12-14-26)15-25(10-3)20(28)29-21(4,5)6/h18,27H,8-17H2,1-7H3,(H,23,24). The molecule has 2 N–H and O–H groups in total. The number of rotatable bonds is 8. The van der Waals surface area contributed by atoms with Crippen LogP contribution in [-0.4, -0.2) is 78.4 Å². The zero-order valence-electron chi connectivity index (χ0n) is 19.8. The fourth-order valence-corrected chi connectivity index (χ4v) is 3.26. The maximum atomic E-state index is 12.4. The van der Waals surface area contributed by atoms with E-state index in [1.54, 1.807) is 0 Å². The van der Waals surface area contributed by atoms with Gasteiger partial charge in [-0.2, -0.15) is 0 Å². The molecule has 170 valence electrons. The number of likely N-dealkylation sites (tertiary alicyclic amines) is 1. The van der Waals surface area contributed by atoms with Gasteiger partial charge in [0.05, 0.1) is 13.2 Å². The van der Waals surface area contributed by atoms with E-state index in [1.807, 2.05) is 32.6 Å². The van der Waals surface area contributed by atoms with Crippen LogP contribution in [0.1, 0.15) is 67.7 Å². The number of amides is 1. The van der Waals surface area contributed by atoms with Crippen molar-refractivity contribution in [3.05, 3.63) is 0 Å². The summed E-state index contributed by atoms with van der Waals surface area (Å²) in [6.45, 7) is 18.8. The average molecular weight is 413 g/mol. The Bertz CT molecular complexity index is 519. The second-order valence-corrected chi connectivity index (χ2v) is 9.44. The Hall–Kier alpha value is -1.50. The predicted octanol–water partition coefficient (Wildman–Crippen LogP) is 3.33. The van der Waals surface area contributed by atoms with E-state index in [2.05, 4.69) is 31.0 Å². The van der Waals surface area contributed by atoms with E-state index in [0.717, 1.165) is 51.4 Å². The van der Waals surface area contributed by atoms with Crippen molar-refractivity contribution in [1.29, 1.82) is 0 Å². The molecule has 1 fully saturated rings. The molecule has 0 bridgehead atoms. The van der Waals surface area contributed by atoms with Crippen molar-refractivity contribution in [3.8, 4) is 0 Å². The number of nitrogens with one attached hydrogen (secondary N) is 1. The lowest BCUT2D eigenvalue weighted by molar-refractivity contribution is 0.0214. The Labute approximate surface area is 177 Å². The van der Waals surface area contributed by atoms with E-state index in [9.17, 15) is 9.90 Å². The van der Waals surface area contributed by atoms with Crippen molar-refractivity contribution >= 4 is 12.1 Å². The van der Waals surface area contributed by atoms with Gasteiger partial charge < -0.3 is 25.0 Å². The highest BCUT2D eigenvalue weighted by Gasteiger charge is 2.28. The Morgan fingerprint density at radius 1 is 1.21 bits per heavy atom. The van der Waals surface area contributed by atoms with Crippen LogP contribution < -0.4 is 5.32 Å². The van der Waals surface area contributed by atoms with Gasteiger partial charge in [-0.05, 0) is 59.8 Å². The van der Waals surface area contributed by atoms with Gasteiger partial charge in [-0.25, -0.2) is 4.79 Å². The summed E-state index contributed by atoms with van der Waals surface area (Å²) in [5.74, 6) is 1.40. The summed E-state index contributed by atoms with van der Waals surface area (Å²) in [6.07, 6.45) is 2.72. The largest absolute Gasteiger partial charge is 0.444 e. The smallest absolute Gasteiger partial charge is 0.410 e. The van der Waals surface area contributed by atoms with Crippen LogP contribution in [0.5, 0.6) is 0 Å². The van der Waals surface area contributed by atoms with Gasteiger partial charge in [0.15, 0.2) is 5.96 Å². The zero-order chi connectivity index (χ0) is 22.1. The average Bonchev–Trinajstić information content (AvgIpc) is 2.68. The molecule has 1 amide bonds. The number of aliphatic imine (C=N–C) groups is 1. The fraction of sp³-hybridized carbons (Fsp3) is 0.909. The van der Waals surface area contributed by atoms with Gasteiger partial charge in [-0.1, -0.05) is 13.8 Å². The predicted molar refractivity (Wildman–Crippen MR) is 119 cm³/mol.